The molecule has 0 saturated carbocycles. The first-order chi connectivity index (χ1) is 6.75. The van der Waals surface area contributed by atoms with Gasteiger partial charge in [0, 0.05) is 12.3 Å². The van der Waals surface area contributed by atoms with Crippen LogP contribution in [0.4, 0.5) is 0 Å². The van der Waals surface area contributed by atoms with Crippen LogP contribution in [0.3, 0.4) is 0 Å². The third kappa shape index (κ3) is 1.80. The number of nitrogens with one attached hydrogen (secondary N) is 1. The van der Waals surface area contributed by atoms with E-state index in [1.54, 1.807) is 10.8 Å². The summed E-state index contributed by atoms with van der Waals surface area (Å²) in [6, 6.07) is 1.41. The molecular formula is C8H7N3O2S. The minimum absolute atomic E-state index is 0.202. The molecule has 5 nitrogen and oxygen atoms in total. The van der Waals surface area contributed by atoms with E-state index in [0.29, 0.717) is 11.3 Å². The highest BCUT2D eigenvalue weighted by molar-refractivity contribution is 7.71. The summed E-state index contributed by atoms with van der Waals surface area (Å²) in [7, 11) is 0. The van der Waals surface area contributed by atoms with Crippen molar-refractivity contribution in [1.29, 1.82) is 0 Å². The molecule has 72 valence electrons. The van der Waals surface area contributed by atoms with Gasteiger partial charge in [-0.25, -0.2) is 4.98 Å². The number of hydrogen-bond donors (Lipinski definition) is 1. The average Bonchev–Trinajstić information content (AvgIpc) is 2.62. The van der Waals surface area contributed by atoms with Gasteiger partial charge in [-0.05, 0) is 12.2 Å². The molecule has 1 N–H and O–H groups in total. The van der Waals surface area contributed by atoms with E-state index in [4.69, 9.17) is 16.6 Å². The van der Waals surface area contributed by atoms with Crippen LogP contribution >= 0.6 is 12.2 Å². The molecule has 14 heavy (non-hydrogen) atoms. The van der Waals surface area contributed by atoms with Crippen LogP contribution in [-0.4, -0.2) is 14.5 Å². The highest BCUT2D eigenvalue weighted by Gasteiger charge is 1.98. The molecule has 0 aliphatic carbocycles. The molecule has 0 saturated heterocycles. The Morgan fingerprint density at radius 1 is 1.64 bits per heavy atom. The number of aromatic amines is 1. The maximum Gasteiger partial charge on any atom is 0.251 e. The average molecular weight is 209 g/mol. The molecule has 2 rings (SSSR count). The number of hydrogen-bond acceptors (Lipinski definition) is 4. The molecule has 0 fully saturated rings. The third-order valence-electron chi connectivity index (χ3n) is 1.71. The number of oxazole rings is 1. The van der Waals surface area contributed by atoms with Gasteiger partial charge in [-0.3, -0.25) is 9.78 Å². The van der Waals surface area contributed by atoms with Crippen LogP contribution in [0, 0.1) is 4.77 Å². The summed E-state index contributed by atoms with van der Waals surface area (Å²) in [5, 5.41) is 0. The summed E-state index contributed by atoms with van der Waals surface area (Å²) >= 11 is 4.96. The molecule has 2 aromatic rings. The summed E-state index contributed by atoms with van der Waals surface area (Å²) in [6.07, 6.45) is 4.51. The van der Waals surface area contributed by atoms with E-state index < -0.39 is 0 Å². The molecule has 0 unspecified atom stereocenters. The Balaban J connectivity index is 2.35. The summed E-state index contributed by atoms with van der Waals surface area (Å²) < 4.78 is 6.90. The van der Waals surface area contributed by atoms with E-state index in [1.807, 2.05) is 0 Å². The van der Waals surface area contributed by atoms with Crippen molar-refractivity contribution < 1.29 is 4.42 Å². The van der Waals surface area contributed by atoms with Gasteiger partial charge in [0.1, 0.15) is 6.26 Å². The summed E-state index contributed by atoms with van der Waals surface area (Å²) in [5.41, 5.74) is 0.555. The first-order valence-corrected chi connectivity index (χ1v) is 4.33. The van der Waals surface area contributed by atoms with Gasteiger partial charge in [0.25, 0.3) is 5.56 Å². The van der Waals surface area contributed by atoms with Crippen LogP contribution in [0.5, 0.6) is 0 Å². The lowest BCUT2D eigenvalue weighted by Gasteiger charge is -2.01. The zero-order valence-corrected chi connectivity index (χ0v) is 7.95. The second-order valence-corrected chi connectivity index (χ2v) is 3.10. The molecule has 0 radical (unpaired) electrons. The predicted octanol–water partition coefficient (Wildman–Crippen LogP) is 0.942. The lowest BCUT2D eigenvalue weighted by Crippen LogP contribution is -2.11. The highest BCUT2D eigenvalue weighted by atomic mass is 32.1. The van der Waals surface area contributed by atoms with Gasteiger partial charge in [0.05, 0.1) is 12.2 Å². The van der Waals surface area contributed by atoms with Crippen LogP contribution in [0.2, 0.25) is 0 Å². The quantitative estimate of drug-likeness (QED) is 0.748. The van der Waals surface area contributed by atoms with E-state index >= 15 is 0 Å². The Morgan fingerprint density at radius 3 is 3.14 bits per heavy atom. The fourth-order valence-corrected chi connectivity index (χ4v) is 1.28. The lowest BCUT2D eigenvalue weighted by molar-refractivity contribution is 0.555. The van der Waals surface area contributed by atoms with E-state index in [9.17, 15) is 4.79 Å². The molecule has 0 aliphatic heterocycles. The second kappa shape index (κ2) is 3.59. The molecule has 0 bridgehead atoms. The molecular weight excluding hydrogens is 202 g/mol. The Morgan fingerprint density at radius 2 is 2.50 bits per heavy atom. The normalized spacial score (nSPS) is 10.3. The van der Waals surface area contributed by atoms with Crippen LogP contribution in [0.15, 0.2) is 34.1 Å². The van der Waals surface area contributed by atoms with Crippen molar-refractivity contribution in [2.24, 2.45) is 0 Å². The Kier molecular flexibility index (Phi) is 2.28. The van der Waals surface area contributed by atoms with E-state index in [2.05, 4.69) is 9.97 Å². The smallest absolute Gasteiger partial charge is 0.251 e. The Labute approximate surface area is 84.0 Å². The SMILES string of the molecule is O=c1ccn(Cc2cocn2)c(=S)[nH]1. The number of aromatic nitrogens is 3. The molecule has 0 spiro atoms. The zero-order valence-electron chi connectivity index (χ0n) is 7.14. The lowest BCUT2D eigenvalue weighted by atomic mass is 10.5. The van der Waals surface area contributed by atoms with Crippen LogP contribution in [0.25, 0.3) is 0 Å². The molecule has 6 heteroatoms. The third-order valence-corrected chi connectivity index (χ3v) is 2.05. The zero-order chi connectivity index (χ0) is 9.97. The molecule has 0 aromatic carbocycles. The number of H-pyrrole nitrogens is 1. The second-order valence-electron chi connectivity index (χ2n) is 2.72. The fraction of sp³-hybridized carbons (Fsp3) is 0.125. The molecule has 0 aliphatic rings. The van der Waals surface area contributed by atoms with Gasteiger partial charge in [0.15, 0.2) is 11.2 Å². The van der Waals surface area contributed by atoms with Gasteiger partial charge < -0.3 is 8.98 Å². The summed E-state index contributed by atoms with van der Waals surface area (Å²) in [4.78, 5) is 17.3. The standard InChI is InChI=1S/C8H7N3O2S/c12-7-1-2-11(8(14)10-7)3-6-4-13-5-9-6/h1-2,4-5H,3H2,(H,10,12,14). The highest BCUT2D eigenvalue weighted by Crippen LogP contribution is 1.98. The summed E-state index contributed by atoms with van der Waals surface area (Å²) in [5.74, 6) is 0. The topological polar surface area (TPSA) is 63.8 Å². The summed E-state index contributed by atoms with van der Waals surface area (Å²) in [6.45, 7) is 0.492. The van der Waals surface area contributed by atoms with Crippen molar-refractivity contribution >= 4 is 12.2 Å². The largest absolute Gasteiger partial charge is 0.451 e. The van der Waals surface area contributed by atoms with Crippen molar-refractivity contribution in [1.82, 2.24) is 14.5 Å². The minimum Gasteiger partial charge on any atom is -0.451 e. The first-order valence-electron chi connectivity index (χ1n) is 3.92. The van der Waals surface area contributed by atoms with Crippen molar-refractivity contribution in [3.8, 4) is 0 Å². The Bertz CT molecular complexity index is 526. The maximum absolute atomic E-state index is 10.9. The maximum atomic E-state index is 10.9. The van der Waals surface area contributed by atoms with Gasteiger partial charge in [-0.2, -0.15) is 0 Å². The monoisotopic (exact) mass is 209 g/mol. The number of nitrogens with zero attached hydrogens (tertiary/aromatic N) is 2. The van der Waals surface area contributed by atoms with E-state index in [-0.39, 0.29) is 5.56 Å². The van der Waals surface area contributed by atoms with E-state index in [1.165, 1.54) is 18.7 Å². The van der Waals surface area contributed by atoms with Gasteiger partial charge in [0.2, 0.25) is 0 Å². The molecule has 2 heterocycles. The van der Waals surface area contributed by atoms with Crippen LogP contribution in [-0.2, 0) is 6.54 Å². The van der Waals surface area contributed by atoms with Crippen LogP contribution < -0.4 is 5.56 Å². The molecule has 0 amide bonds. The molecule has 2 aromatic heterocycles. The van der Waals surface area contributed by atoms with Crippen molar-refractivity contribution in [2.45, 2.75) is 6.54 Å². The van der Waals surface area contributed by atoms with Gasteiger partial charge >= 0.3 is 0 Å². The number of rotatable bonds is 2. The van der Waals surface area contributed by atoms with Crippen molar-refractivity contribution in [3.63, 3.8) is 0 Å². The first kappa shape index (κ1) is 8.89. The fourth-order valence-electron chi connectivity index (χ4n) is 1.06. The van der Waals surface area contributed by atoms with Crippen LogP contribution in [0.1, 0.15) is 5.69 Å². The minimum atomic E-state index is -0.202. The van der Waals surface area contributed by atoms with Gasteiger partial charge in [-0.1, -0.05) is 0 Å². The van der Waals surface area contributed by atoms with Crippen molar-refractivity contribution in [3.05, 3.63) is 45.7 Å². The van der Waals surface area contributed by atoms with Crippen molar-refractivity contribution in [2.75, 3.05) is 0 Å². The molecule has 0 atom stereocenters. The van der Waals surface area contributed by atoms with Gasteiger partial charge in [-0.15, -0.1) is 0 Å². The predicted molar refractivity (Wildman–Crippen MR) is 51.5 cm³/mol. The Hall–Kier alpha value is -1.69. The van der Waals surface area contributed by atoms with E-state index in [0.717, 1.165) is 5.69 Å².